The van der Waals surface area contributed by atoms with Gasteiger partial charge in [0.25, 0.3) is 0 Å². The molecule has 99 heavy (non-hydrogen) atoms. The van der Waals surface area contributed by atoms with E-state index in [0.29, 0.717) is 12.8 Å². The molecule has 27 heteroatoms. The van der Waals surface area contributed by atoms with Crippen molar-refractivity contribution in [3.63, 3.8) is 0 Å². The molecular weight excluding hydrogens is 1940 g/mol. The number of carboxylic acids is 6. The third kappa shape index (κ3) is 44.0. The summed E-state index contributed by atoms with van der Waals surface area (Å²) in [6, 6.07) is 39.0. The largest absolute Gasteiger partial charge is 0.693 e. The zero-order chi connectivity index (χ0) is 68.9. The standard InChI is InChI=1S/2C15H14O2.2C11H16O2.2C10H20O2.6ClH.6H2N.3Pt/c2*16-15(17)11-14(12-7-3-1-4-8-12)13-9-5-2-6-10-13;2*12-10(13)11-4-7-1-8(5-11)3-9(2-7)6-11;2*1-2-3-4-5-6-7-8-9-10(11)12;;;;;;;;;;;;;;;/h2*1-10,14H,11H2,(H,16,17);2*7-9H,1-6H2,(H,12,13);2*2-9H2,1H3,(H,11,12);6*1H;6*1H2;;;/q;;;;;;;;;;;;6*-1;3*+4/p-6. The number of aliphatic carboxylic acids is 6. The minimum Gasteiger partial charge on any atom is -0.693 e. The fourth-order valence-corrected chi connectivity index (χ4v) is 15.2. The summed E-state index contributed by atoms with van der Waals surface area (Å²) >= 11 is -1.42. The first kappa shape index (κ1) is 105. The van der Waals surface area contributed by atoms with Crippen LogP contribution in [-0.4, -0.2) is 66.5 Å². The molecular formula is C72H112Cl6N6O12Pt3. The van der Waals surface area contributed by atoms with E-state index in [2.05, 4.69) is 13.8 Å². The number of nitrogens with two attached hydrogens (primary N) is 6. The van der Waals surface area contributed by atoms with Crippen molar-refractivity contribution in [2.75, 3.05) is 0 Å². The van der Waals surface area contributed by atoms with Crippen molar-refractivity contribution in [3.8, 4) is 0 Å². The van der Waals surface area contributed by atoms with Gasteiger partial charge in [-0.2, -0.15) is 0 Å². The molecule has 4 aromatic rings. The Morgan fingerprint density at radius 2 is 0.515 bits per heavy atom. The molecule has 8 aliphatic rings. The van der Waals surface area contributed by atoms with Crippen LogP contribution in [0.25, 0.3) is 36.9 Å². The minimum atomic E-state index is -0.775. The number of carbonyl (C=O) groups is 6. The van der Waals surface area contributed by atoms with Gasteiger partial charge in [0, 0.05) is 24.7 Å². The summed E-state index contributed by atoms with van der Waals surface area (Å²) in [5, 5.41) is 53.3. The number of halogens is 6. The molecule has 574 valence electrons. The summed E-state index contributed by atoms with van der Waals surface area (Å²) in [6.45, 7) is 4.40. The average Bonchev–Trinajstić information content (AvgIpc) is 0.755. The van der Waals surface area contributed by atoms with E-state index >= 15 is 0 Å². The molecule has 0 unspecified atom stereocenters. The monoisotopic (exact) mass is 2050 g/mol. The Bertz CT molecular complexity index is 2350. The van der Waals surface area contributed by atoms with E-state index < -0.39 is 85.3 Å². The molecule has 4 aromatic carbocycles. The third-order valence-corrected chi connectivity index (χ3v) is 18.5. The number of rotatable bonds is 26. The van der Waals surface area contributed by atoms with Crippen molar-refractivity contribution in [2.45, 2.75) is 218 Å². The Hall–Kier alpha value is -2.74. The smallest absolute Gasteiger partial charge is 0.693 e. The Balaban J connectivity index is -0.000000346. The van der Waals surface area contributed by atoms with Crippen LogP contribution < -0.4 is 0 Å². The third-order valence-electron chi connectivity index (χ3n) is 18.5. The molecule has 0 atom stereocenters. The summed E-state index contributed by atoms with van der Waals surface area (Å²) in [7, 11) is 29.2. The number of unbranched alkanes of at least 4 members (excludes halogenated alkanes) is 12. The maximum Gasteiger partial charge on any atom is -0.693 e. The molecule has 0 radical (unpaired) electrons. The molecule has 0 heterocycles. The minimum absolute atomic E-state index is 0. The van der Waals surface area contributed by atoms with Gasteiger partial charge in [-0.3, -0.25) is 28.8 Å². The number of carboxylic acid groups (broad SMARTS) is 6. The maximum atomic E-state index is 11.3. The van der Waals surface area contributed by atoms with Crippen molar-refractivity contribution in [1.29, 1.82) is 0 Å². The average molecular weight is 2050 g/mol. The Morgan fingerprint density at radius 1 is 0.333 bits per heavy atom. The van der Waals surface area contributed by atoms with Gasteiger partial charge in [-0.15, -0.1) is 0 Å². The van der Waals surface area contributed by atoms with Crippen molar-refractivity contribution in [1.82, 2.24) is 0 Å². The van der Waals surface area contributed by atoms with Crippen LogP contribution in [0.5, 0.6) is 0 Å². The Kier molecular flexibility index (Phi) is 66.3. The summed E-state index contributed by atoms with van der Waals surface area (Å²) in [6.07, 6.45) is 31.4. The summed E-state index contributed by atoms with van der Waals surface area (Å²) < 4.78 is 0. The first-order valence-corrected chi connectivity index (χ1v) is 49.6. The van der Waals surface area contributed by atoms with Crippen molar-refractivity contribution in [3.05, 3.63) is 180 Å². The molecule has 8 fully saturated rings. The van der Waals surface area contributed by atoms with Crippen molar-refractivity contribution >= 4 is 92.3 Å². The molecule has 12 rings (SSSR count). The molecule has 0 aliphatic heterocycles. The van der Waals surface area contributed by atoms with Crippen LogP contribution in [0.2, 0.25) is 0 Å². The van der Waals surface area contributed by atoms with E-state index in [1.807, 2.05) is 121 Å². The van der Waals surface area contributed by atoms with Gasteiger partial charge in [0.2, 0.25) is 0 Å². The number of benzene rings is 4. The van der Waals surface area contributed by atoms with Crippen LogP contribution in [-0.2, 0) is 78.2 Å². The fraction of sp³-hybridized carbons (Fsp3) is 0.583. The van der Waals surface area contributed by atoms with Gasteiger partial charge in [0.1, 0.15) is 0 Å². The molecule has 8 aliphatic carbocycles. The summed E-state index contributed by atoms with van der Waals surface area (Å²) in [5.41, 5.74) is 3.60. The van der Waals surface area contributed by atoms with Crippen molar-refractivity contribution < 1.29 is 109 Å². The van der Waals surface area contributed by atoms with E-state index in [0.717, 1.165) is 122 Å². The van der Waals surface area contributed by atoms with Crippen LogP contribution in [0.3, 0.4) is 0 Å². The fourth-order valence-electron chi connectivity index (χ4n) is 15.2. The van der Waals surface area contributed by atoms with E-state index in [1.54, 1.807) is 0 Å². The van der Waals surface area contributed by atoms with Crippen LogP contribution in [0, 0.1) is 46.3 Å². The second kappa shape index (κ2) is 62.6. The molecule has 0 saturated heterocycles. The quantitative estimate of drug-likeness (QED) is 0.0320. The van der Waals surface area contributed by atoms with Crippen LogP contribution in [0.4, 0.5) is 0 Å². The second-order valence-corrected chi connectivity index (χ2v) is 35.5. The van der Waals surface area contributed by atoms with Crippen LogP contribution in [0.1, 0.15) is 241 Å². The van der Waals surface area contributed by atoms with Gasteiger partial charge < -0.3 is 67.5 Å². The van der Waals surface area contributed by atoms with Gasteiger partial charge >= 0.3 is 142 Å². The topological polar surface area (TPSA) is 425 Å². The summed E-state index contributed by atoms with van der Waals surface area (Å²) in [4.78, 5) is 64.7. The summed E-state index contributed by atoms with van der Waals surface area (Å²) in [5.74, 6) is 0.472. The SMILES string of the molecule is CCCCCCCCCC(=O)O.CCCCCCCCCC(=O)O.O=C(O)C12CC3CC(CC(C3)C1)C2.O=C(O)C12CC3CC(CC(C3)C1)C2.O=C(O)CC(c1ccccc1)c1ccccc1.O=C(O)CC(c1ccccc1)c1ccccc1.[Cl][Pt+2][Cl].[Cl][Pt+2][Cl].[Cl][Pt+2][Cl].[NH2-].[NH2-].[NH2-].[NH2-].[NH2-].[NH2-]. The van der Waals surface area contributed by atoms with Gasteiger partial charge in [-0.25, -0.2) is 0 Å². The maximum absolute atomic E-state index is 11.3. The van der Waals surface area contributed by atoms with E-state index in [-0.39, 0.29) is 72.4 Å². The van der Waals surface area contributed by atoms with Gasteiger partial charge in [-0.05, 0) is 148 Å². The Labute approximate surface area is 640 Å². The Morgan fingerprint density at radius 3 is 0.677 bits per heavy atom. The predicted octanol–water partition coefficient (Wildman–Crippen LogP) is 26.0. The molecule has 8 bridgehead atoms. The molecule has 18 nitrogen and oxygen atoms in total. The first-order valence-electron chi connectivity index (χ1n) is 32.7. The molecule has 0 spiro atoms. The van der Waals surface area contributed by atoms with Gasteiger partial charge in [-0.1, -0.05) is 212 Å². The predicted molar refractivity (Wildman–Crippen MR) is 398 cm³/mol. The molecule has 0 amide bonds. The van der Waals surface area contributed by atoms with E-state index in [1.165, 1.54) is 103 Å². The normalized spacial score (nSPS) is 20.5. The number of hydrogen-bond donors (Lipinski definition) is 6. The van der Waals surface area contributed by atoms with Crippen LogP contribution >= 0.6 is 56.5 Å². The molecule has 0 aromatic heterocycles. The van der Waals surface area contributed by atoms with E-state index in [4.69, 9.17) is 76.9 Å². The van der Waals surface area contributed by atoms with Crippen LogP contribution in [0.15, 0.2) is 121 Å². The zero-order valence-electron chi connectivity index (χ0n) is 57.2. The van der Waals surface area contributed by atoms with Gasteiger partial charge in [0.05, 0.1) is 23.7 Å². The molecule has 18 N–H and O–H groups in total. The van der Waals surface area contributed by atoms with Gasteiger partial charge in [0.15, 0.2) is 0 Å². The number of hydrogen-bond acceptors (Lipinski definition) is 6. The zero-order valence-corrected chi connectivity index (χ0v) is 68.5. The molecule has 8 saturated carbocycles. The van der Waals surface area contributed by atoms with Crippen molar-refractivity contribution in [2.24, 2.45) is 46.3 Å². The van der Waals surface area contributed by atoms with E-state index in [9.17, 15) is 39.0 Å². The first-order chi connectivity index (χ1) is 44.7. The second-order valence-electron chi connectivity index (χ2n) is 25.6.